The highest BCUT2D eigenvalue weighted by Crippen LogP contribution is 2.29. The van der Waals surface area contributed by atoms with Gasteiger partial charge < -0.3 is 0 Å². The van der Waals surface area contributed by atoms with Crippen LogP contribution < -0.4 is 4.72 Å². The molecule has 0 fully saturated rings. The molecule has 0 aliphatic heterocycles. The fourth-order valence-corrected chi connectivity index (χ4v) is 4.80. The molecule has 0 bridgehead atoms. The second-order valence-corrected chi connectivity index (χ2v) is 8.71. The van der Waals surface area contributed by atoms with Gasteiger partial charge in [-0.2, -0.15) is 11.3 Å². The maximum atomic E-state index is 12.6. The monoisotopic (exact) mass is 412 g/mol. The average Bonchev–Trinajstić information content (AvgIpc) is 3.11. The van der Waals surface area contributed by atoms with E-state index in [0.29, 0.717) is 10.6 Å². The van der Waals surface area contributed by atoms with Crippen molar-refractivity contribution in [2.45, 2.75) is 18.4 Å². The minimum absolute atomic E-state index is 0.0111. The smallest absolute Gasteiger partial charge is 0.242 e. The largest absolute Gasteiger partial charge is 0.256 e. The normalized spacial score (nSPS) is 11.6. The molecule has 0 aliphatic carbocycles. The van der Waals surface area contributed by atoms with Crippen molar-refractivity contribution >= 4 is 44.6 Å². The van der Waals surface area contributed by atoms with Gasteiger partial charge in [0.05, 0.1) is 10.7 Å². The molecule has 0 saturated heterocycles. The summed E-state index contributed by atoms with van der Waals surface area (Å²) in [5, 5.41) is 4.44. The predicted molar refractivity (Wildman–Crippen MR) is 103 cm³/mol. The first-order chi connectivity index (χ1) is 11.9. The van der Waals surface area contributed by atoms with E-state index >= 15 is 0 Å². The van der Waals surface area contributed by atoms with E-state index < -0.39 is 10.0 Å². The number of nitrogens with one attached hydrogen (secondary N) is 1. The third-order valence-corrected chi connectivity index (χ3v) is 6.60. The lowest BCUT2D eigenvalue weighted by Gasteiger charge is -2.12. The zero-order valence-corrected chi connectivity index (χ0v) is 16.3. The number of halogens is 2. The summed E-state index contributed by atoms with van der Waals surface area (Å²) in [4.78, 5) is 4.38. The number of hydrogen-bond donors (Lipinski definition) is 1. The van der Waals surface area contributed by atoms with Crippen LogP contribution in [0.5, 0.6) is 0 Å². The van der Waals surface area contributed by atoms with E-state index in [1.165, 1.54) is 12.1 Å². The molecule has 0 unspecified atom stereocenters. The molecule has 8 heteroatoms. The molecule has 0 aliphatic rings. The Kier molecular flexibility index (Phi) is 5.46. The van der Waals surface area contributed by atoms with Gasteiger partial charge in [-0.1, -0.05) is 29.3 Å². The van der Waals surface area contributed by atoms with Gasteiger partial charge in [-0.15, -0.1) is 0 Å². The molecule has 1 aromatic carbocycles. The van der Waals surface area contributed by atoms with Gasteiger partial charge in [-0.25, -0.2) is 13.1 Å². The van der Waals surface area contributed by atoms with Crippen LogP contribution in [0.15, 0.2) is 52.2 Å². The van der Waals surface area contributed by atoms with E-state index in [-0.39, 0.29) is 16.5 Å². The summed E-state index contributed by atoms with van der Waals surface area (Å²) in [6.45, 7) is 1.84. The first-order valence-electron chi connectivity index (χ1n) is 7.30. The van der Waals surface area contributed by atoms with E-state index in [1.54, 1.807) is 30.5 Å². The molecule has 0 amide bonds. The number of pyridine rings is 1. The van der Waals surface area contributed by atoms with Gasteiger partial charge >= 0.3 is 0 Å². The highest BCUT2D eigenvalue weighted by atomic mass is 35.5. The van der Waals surface area contributed by atoms with Crippen molar-refractivity contribution < 1.29 is 8.42 Å². The first kappa shape index (κ1) is 18.4. The van der Waals surface area contributed by atoms with E-state index in [1.807, 2.05) is 22.9 Å². The fraction of sp³-hybridized carbons (Fsp3) is 0.118. The van der Waals surface area contributed by atoms with Crippen LogP contribution in [0.4, 0.5) is 0 Å². The Morgan fingerprint density at radius 2 is 2.00 bits per heavy atom. The molecule has 3 rings (SSSR count). The highest BCUT2D eigenvalue weighted by Gasteiger charge is 2.20. The zero-order valence-electron chi connectivity index (χ0n) is 13.2. The molecule has 2 aromatic heterocycles. The molecule has 4 nitrogen and oxygen atoms in total. The average molecular weight is 413 g/mol. The minimum atomic E-state index is -3.78. The Labute approximate surface area is 160 Å². The van der Waals surface area contributed by atoms with Crippen molar-refractivity contribution in [3.8, 4) is 11.3 Å². The van der Waals surface area contributed by atoms with Gasteiger partial charge in [0.25, 0.3) is 0 Å². The van der Waals surface area contributed by atoms with Crippen molar-refractivity contribution in [1.82, 2.24) is 9.71 Å². The maximum absolute atomic E-state index is 12.6. The lowest BCUT2D eigenvalue weighted by Crippen LogP contribution is -2.24. The van der Waals surface area contributed by atoms with Crippen molar-refractivity contribution in [2.75, 3.05) is 0 Å². The van der Waals surface area contributed by atoms with Gasteiger partial charge in [-0.3, -0.25) is 4.98 Å². The van der Waals surface area contributed by atoms with Gasteiger partial charge in [0.1, 0.15) is 4.90 Å². The van der Waals surface area contributed by atoms with Crippen LogP contribution in [0.2, 0.25) is 10.0 Å². The van der Waals surface area contributed by atoms with Crippen LogP contribution in [0.3, 0.4) is 0 Å². The highest BCUT2D eigenvalue weighted by molar-refractivity contribution is 7.89. The number of sulfonamides is 1. The van der Waals surface area contributed by atoms with E-state index in [0.717, 1.165) is 16.8 Å². The van der Waals surface area contributed by atoms with Crippen LogP contribution in [0, 0.1) is 6.92 Å². The van der Waals surface area contributed by atoms with Gasteiger partial charge in [0.15, 0.2) is 0 Å². The molecule has 3 aromatic rings. The predicted octanol–water partition coefficient (Wildman–Crippen LogP) is 4.90. The molecule has 0 radical (unpaired) electrons. The first-order valence-corrected chi connectivity index (χ1v) is 10.5. The second kappa shape index (κ2) is 7.43. The number of benzene rings is 1. The molecular formula is C17H14Cl2N2O2S2. The van der Waals surface area contributed by atoms with Gasteiger partial charge in [-0.05, 0) is 47.7 Å². The summed E-state index contributed by atoms with van der Waals surface area (Å²) in [6, 6.07) is 8.48. The molecule has 2 heterocycles. The fourth-order valence-electron chi connectivity index (χ4n) is 2.33. The summed E-state index contributed by atoms with van der Waals surface area (Å²) >= 11 is 13.6. The Balaban J connectivity index is 1.88. The zero-order chi connectivity index (χ0) is 18.0. The maximum Gasteiger partial charge on any atom is 0.242 e. The summed E-state index contributed by atoms with van der Waals surface area (Å²) in [5.74, 6) is 0. The second-order valence-electron chi connectivity index (χ2n) is 5.38. The summed E-state index contributed by atoms with van der Waals surface area (Å²) in [6.07, 6.45) is 1.68. The van der Waals surface area contributed by atoms with Crippen molar-refractivity contribution in [3.05, 3.63) is 68.5 Å². The standard InChI is InChI=1S/C17H14Cl2N2O2S2/c1-11-7-16(15(19)8-14(11)18)25(22,23)21-9-12-3-2-5-20-17(12)13-4-6-24-10-13/h2-8,10,21H,9H2,1H3. The molecule has 0 atom stereocenters. The SMILES string of the molecule is Cc1cc(S(=O)(=O)NCc2cccnc2-c2ccsc2)c(Cl)cc1Cl. The van der Waals surface area contributed by atoms with Crippen LogP contribution >= 0.6 is 34.5 Å². The molecule has 0 saturated carbocycles. The Morgan fingerprint density at radius 1 is 1.20 bits per heavy atom. The third kappa shape index (κ3) is 4.04. The minimum Gasteiger partial charge on any atom is -0.256 e. The lowest BCUT2D eigenvalue weighted by molar-refractivity contribution is 0.581. The van der Waals surface area contributed by atoms with Crippen LogP contribution in [-0.4, -0.2) is 13.4 Å². The molecule has 0 spiro atoms. The number of hydrogen-bond acceptors (Lipinski definition) is 4. The van der Waals surface area contributed by atoms with Crippen molar-refractivity contribution in [3.63, 3.8) is 0 Å². The summed E-state index contributed by atoms with van der Waals surface area (Å²) in [5.41, 5.74) is 3.14. The molecule has 1 N–H and O–H groups in total. The number of thiophene rings is 1. The van der Waals surface area contributed by atoms with Crippen LogP contribution in [-0.2, 0) is 16.6 Å². The number of nitrogens with zero attached hydrogens (tertiary/aromatic N) is 1. The molecule has 25 heavy (non-hydrogen) atoms. The third-order valence-electron chi connectivity index (χ3n) is 3.64. The Morgan fingerprint density at radius 3 is 2.72 bits per heavy atom. The Hall–Kier alpha value is -1.44. The van der Waals surface area contributed by atoms with Gasteiger partial charge in [0.2, 0.25) is 10.0 Å². The van der Waals surface area contributed by atoms with E-state index in [9.17, 15) is 8.42 Å². The lowest BCUT2D eigenvalue weighted by atomic mass is 10.1. The van der Waals surface area contributed by atoms with E-state index in [4.69, 9.17) is 23.2 Å². The van der Waals surface area contributed by atoms with Crippen molar-refractivity contribution in [1.29, 1.82) is 0 Å². The topological polar surface area (TPSA) is 59.1 Å². The number of aryl methyl sites for hydroxylation is 1. The van der Waals surface area contributed by atoms with Crippen molar-refractivity contribution in [2.24, 2.45) is 0 Å². The summed E-state index contributed by atoms with van der Waals surface area (Å²) in [7, 11) is -3.78. The van der Waals surface area contributed by atoms with Gasteiger partial charge in [0, 0.05) is 28.7 Å². The number of rotatable bonds is 5. The molecule has 130 valence electrons. The Bertz CT molecular complexity index is 1000. The van der Waals surface area contributed by atoms with Crippen LogP contribution in [0.25, 0.3) is 11.3 Å². The quantitative estimate of drug-likeness (QED) is 0.647. The molecular weight excluding hydrogens is 399 g/mol. The summed E-state index contributed by atoms with van der Waals surface area (Å²) < 4.78 is 27.9. The number of aromatic nitrogens is 1. The van der Waals surface area contributed by atoms with Crippen LogP contribution in [0.1, 0.15) is 11.1 Å². The van der Waals surface area contributed by atoms with E-state index in [2.05, 4.69) is 9.71 Å².